The van der Waals surface area contributed by atoms with Gasteiger partial charge in [0.25, 0.3) is 0 Å². The second kappa shape index (κ2) is 4.23. The third kappa shape index (κ3) is 1.81. The number of hydrogen-bond donors (Lipinski definition) is 3. The summed E-state index contributed by atoms with van der Waals surface area (Å²) < 4.78 is 0. The van der Waals surface area contributed by atoms with Crippen LogP contribution in [-0.4, -0.2) is 27.2 Å². The fourth-order valence-corrected chi connectivity index (χ4v) is 2.20. The van der Waals surface area contributed by atoms with Crippen molar-refractivity contribution in [3.63, 3.8) is 0 Å². The van der Waals surface area contributed by atoms with Gasteiger partial charge in [0.1, 0.15) is 5.60 Å². The second-order valence-corrected chi connectivity index (χ2v) is 4.17. The molecular weight excluding hydrogens is 206 g/mol. The van der Waals surface area contributed by atoms with Crippen molar-refractivity contribution in [2.45, 2.75) is 31.0 Å². The molecule has 0 spiro atoms. The lowest BCUT2D eigenvalue weighted by molar-refractivity contribution is 0.0183. The lowest BCUT2D eigenvalue weighted by Gasteiger charge is -2.35. The quantitative estimate of drug-likeness (QED) is 0.493. The maximum Gasteiger partial charge on any atom is 0.133 e. The average molecular weight is 221 g/mol. The fourth-order valence-electron chi connectivity index (χ4n) is 2.20. The molecule has 1 aromatic rings. The molecule has 0 saturated heterocycles. The summed E-state index contributed by atoms with van der Waals surface area (Å²) in [5.74, 6) is 0. The maximum absolute atomic E-state index is 10.5. The minimum Gasteiger partial charge on any atom is -0.411 e. The van der Waals surface area contributed by atoms with Gasteiger partial charge >= 0.3 is 0 Å². The monoisotopic (exact) mass is 221 g/mol. The summed E-state index contributed by atoms with van der Waals surface area (Å²) in [5, 5.41) is 32.2. The van der Waals surface area contributed by atoms with Crippen LogP contribution < -0.4 is 0 Å². The summed E-state index contributed by atoms with van der Waals surface area (Å²) >= 11 is 0. The van der Waals surface area contributed by atoms with Crippen LogP contribution in [0.1, 0.15) is 24.8 Å². The van der Waals surface area contributed by atoms with E-state index in [-0.39, 0.29) is 6.42 Å². The van der Waals surface area contributed by atoms with Crippen molar-refractivity contribution < 1.29 is 15.4 Å². The van der Waals surface area contributed by atoms with E-state index in [1.807, 2.05) is 18.2 Å². The molecule has 2 unspecified atom stereocenters. The van der Waals surface area contributed by atoms with Crippen molar-refractivity contribution >= 4 is 5.71 Å². The lowest BCUT2D eigenvalue weighted by Crippen LogP contribution is -2.43. The summed E-state index contributed by atoms with van der Waals surface area (Å²) in [4.78, 5) is 0. The predicted octanol–water partition coefficient (Wildman–Crippen LogP) is 1.25. The molecule has 0 aromatic heterocycles. The van der Waals surface area contributed by atoms with Gasteiger partial charge in [0, 0.05) is 6.42 Å². The topological polar surface area (TPSA) is 73.1 Å². The number of benzene rings is 1. The second-order valence-electron chi connectivity index (χ2n) is 4.17. The Hall–Kier alpha value is -1.39. The van der Waals surface area contributed by atoms with E-state index >= 15 is 0 Å². The lowest BCUT2D eigenvalue weighted by atomic mass is 9.77. The molecule has 86 valence electrons. The molecule has 0 amide bonds. The van der Waals surface area contributed by atoms with Crippen LogP contribution in [0.25, 0.3) is 0 Å². The molecule has 1 aliphatic rings. The van der Waals surface area contributed by atoms with Crippen molar-refractivity contribution in [3.8, 4) is 0 Å². The standard InChI is InChI=1S/C12H15NO3/c14-10-6-7-11(13-16)12(15,8-10)9-4-2-1-3-5-9/h1-5,10,14-16H,6-8H2. The Morgan fingerprint density at radius 3 is 2.56 bits per heavy atom. The first-order valence-electron chi connectivity index (χ1n) is 5.34. The van der Waals surface area contributed by atoms with Crippen molar-refractivity contribution in [1.29, 1.82) is 0 Å². The number of oxime groups is 1. The molecule has 0 bridgehead atoms. The van der Waals surface area contributed by atoms with Crippen molar-refractivity contribution in [1.82, 2.24) is 0 Å². The van der Waals surface area contributed by atoms with E-state index in [1.54, 1.807) is 12.1 Å². The van der Waals surface area contributed by atoms with E-state index in [2.05, 4.69) is 5.16 Å². The maximum atomic E-state index is 10.5. The Bertz CT molecular complexity index is 391. The molecule has 2 rings (SSSR count). The highest BCUT2D eigenvalue weighted by atomic mass is 16.4. The van der Waals surface area contributed by atoms with Crippen molar-refractivity contribution in [3.05, 3.63) is 35.9 Å². The largest absolute Gasteiger partial charge is 0.411 e. The molecule has 1 aromatic carbocycles. The van der Waals surface area contributed by atoms with Gasteiger partial charge in [0.2, 0.25) is 0 Å². The molecule has 1 aliphatic carbocycles. The van der Waals surface area contributed by atoms with E-state index in [1.165, 1.54) is 0 Å². The Labute approximate surface area is 93.8 Å². The minimum absolute atomic E-state index is 0.177. The van der Waals surface area contributed by atoms with Crippen LogP contribution in [0.15, 0.2) is 35.5 Å². The van der Waals surface area contributed by atoms with Crippen LogP contribution in [0.3, 0.4) is 0 Å². The summed E-state index contributed by atoms with van der Waals surface area (Å²) in [6.45, 7) is 0. The Balaban J connectivity index is 2.40. The molecule has 0 aliphatic heterocycles. The summed E-state index contributed by atoms with van der Waals surface area (Å²) in [5.41, 5.74) is -0.362. The van der Waals surface area contributed by atoms with Gasteiger partial charge in [-0.25, -0.2) is 0 Å². The van der Waals surface area contributed by atoms with Crippen molar-refractivity contribution in [2.24, 2.45) is 5.16 Å². The molecule has 1 fully saturated rings. The predicted molar refractivity (Wildman–Crippen MR) is 59.4 cm³/mol. The van der Waals surface area contributed by atoms with Gasteiger partial charge < -0.3 is 15.4 Å². The first kappa shape index (κ1) is 11.1. The Morgan fingerprint density at radius 1 is 1.25 bits per heavy atom. The van der Waals surface area contributed by atoms with Crippen LogP contribution in [0.5, 0.6) is 0 Å². The zero-order valence-corrected chi connectivity index (χ0v) is 8.87. The Kier molecular flexibility index (Phi) is 2.94. The molecule has 2 atom stereocenters. The molecule has 4 nitrogen and oxygen atoms in total. The summed E-state index contributed by atoms with van der Waals surface area (Å²) in [7, 11) is 0. The SMILES string of the molecule is ON=C1CCC(O)CC1(O)c1ccccc1. The average Bonchev–Trinajstić information content (AvgIpc) is 2.30. The van der Waals surface area contributed by atoms with Gasteiger partial charge in [0.15, 0.2) is 0 Å². The van der Waals surface area contributed by atoms with Crippen LogP contribution in [0.4, 0.5) is 0 Å². The smallest absolute Gasteiger partial charge is 0.133 e. The summed E-state index contributed by atoms with van der Waals surface area (Å²) in [6.07, 6.45) is 0.546. The van der Waals surface area contributed by atoms with Crippen LogP contribution in [0, 0.1) is 0 Å². The van der Waals surface area contributed by atoms with E-state index in [9.17, 15) is 10.2 Å². The van der Waals surface area contributed by atoms with Gasteiger partial charge in [0.05, 0.1) is 11.8 Å². The number of rotatable bonds is 1. The van der Waals surface area contributed by atoms with Crippen LogP contribution >= 0.6 is 0 Å². The highest BCUT2D eigenvalue weighted by molar-refractivity contribution is 5.93. The Morgan fingerprint density at radius 2 is 1.94 bits per heavy atom. The zero-order valence-electron chi connectivity index (χ0n) is 8.87. The minimum atomic E-state index is -1.34. The van der Waals surface area contributed by atoms with E-state index in [0.717, 1.165) is 0 Å². The third-order valence-electron chi connectivity index (χ3n) is 3.09. The molecular formula is C12H15NO3. The van der Waals surface area contributed by atoms with Gasteiger partial charge in [-0.3, -0.25) is 0 Å². The zero-order chi connectivity index (χ0) is 11.6. The molecule has 0 heterocycles. The van der Waals surface area contributed by atoms with Gasteiger partial charge in [-0.15, -0.1) is 0 Å². The highest BCUT2D eigenvalue weighted by Crippen LogP contribution is 2.35. The van der Waals surface area contributed by atoms with E-state index < -0.39 is 11.7 Å². The summed E-state index contributed by atoms with van der Waals surface area (Å²) in [6, 6.07) is 9.00. The van der Waals surface area contributed by atoms with E-state index in [0.29, 0.717) is 24.1 Å². The number of nitrogens with zero attached hydrogens (tertiary/aromatic N) is 1. The first-order valence-corrected chi connectivity index (χ1v) is 5.34. The van der Waals surface area contributed by atoms with Gasteiger partial charge in [-0.1, -0.05) is 35.5 Å². The van der Waals surface area contributed by atoms with E-state index in [4.69, 9.17) is 5.21 Å². The number of aliphatic hydroxyl groups excluding tert-OH is 1. The fraction of sp³-hybridized carbons (Fsp3) is 0.417. The molecule has 0 radical (unpaired) electrons. The number of aliphatic hydroxyl groups is 2. The third-order valence-corrected chi connectivity index (χ3v) is 3.09. The molecule has 3 N–H and O–H groups in total. The molecule has 4 heteroatoms. The normalized spacial score (nSPS) is 32.9. The molecule has 16 heavy (non-hydrogen) atoms. The highest BCUT2D eigenvalue weighted by Gasteiger charge is 2.41. The van der Waals surface area contributed by atoms with Crippen LogP contribution in [-0.2, 0) is 5.60 Å². The number of hydrogen-bond acceptors (Lipinski definition) is 4. The first-order chi connectivity index (χ1) is 7.66. The van der Waals surface area contributed by atoms with Crippen molar-refractivity contribution in [2.75, 3.05) is 0 Å². The van der Waals surface area contributed by atoms with Crippen LogP contribution in [0.2, 0.25) is 0 Å². The van der Waals surface area contributed by atoms with Gasteiger partial charge in [-0.05, 0) is 18.4 Å². The van der Waals surface area contributed by atoms with Gasteiger partial charge in [-0.2, -0.15) is 0 Å². The molecule has 1 saturated carbocycles.